The maximum Gasteiger partial charge on any atom is 0.295 e. The summed E-state index contributed by atoms with van der Waals surface area (Å²) in [6, 6.07) is 4.07. The number of nitro groups is 1. The van der Waals surface area contributed by atoms with Crippen molar-refractivity contribution in [2.75, 3.05) is 5.75 Å². The minimum atomic E-state index is -3.69. The molecule has 0 aliphatic heterocycles. The molecule has 20 heavy (non-hydrogen) atoms. The number of hydrogen-bond acceptors (Lipinski definition) is 5. The zero-order valence-electron chi connectivity index (χ0n) is 10.1. The highest BCUT2D eigenvalue weighted by Gasteiger charge is 2.23. The number of nitrogens with zero attached hydrogens (tertiary/aromatic N) is 2. The molecule has 104 valence electrons. The SMILES string of the molecule is C=CCS(=O)(=O)c1nccc2c([N+](=O)[O-])c(Cl)ccc12. The van der Waals surface area contributed by atoms with E-state index in [9.17, 15) is 18.5 Å². The van der Waals surface area contributed by atoms with Crippen LogP contribution in [-0.2, 0) is 9.84 Å². The molecule has 0 unspecified atom stereocenters. The fourth-order valence-corrected chi connectivity index (χ4v) is 3.29. The fraction of sp³-hybridized carbons (Fsp3) is 0.0833. The minimum absolute atomic E-state index is 0.0548. The number of benzene rings is 1. The summed E-state index contributed by atoms with van der Waals surface area (Å²) in [4.78, 5) is 14.2. The Labute approximate surface area is 119 Å². The lowest BCUT2D eigenvalue weighted by molar-refractivity contribution is -0.382. The topological polar surface area (TPSA) is 90.2 Å². The molecule has 8 heteroatoms. The molecule has 0 aliphatic rings. The van der Waals surface area contributed by atoms with Crippen molar-refractivity contribution < 1.29 is 13.3 Å². The van der Waals surface area contributed by atoms with E-state index in [1.54, 1.807) is 0 Å². The van der Waals surface area contributed by atoms with Crippen molar-refractivity contribution in [3.63, 3.8) is 0 Å². The van der Waals surface area contributed by atoms with Crippen molar-refractivity contribution in [3.05, 3.63) is 52.2 Å². The highest BCUT2D eigenvalue weighted by atomic mass is 35.5. The standard InChI is InChI=1S/C12H9ClN2O4S/c1-2-7-20(18,19)12-9-3-4-10(13)11(15(16)17)8(9)5-6-14-12/h2-6H,1,7H2. The highest BCUT2D eigenvalue weighted by molar-refractivity contribution is 7.91. The quantitative estimate of drug-likeness (QED) is 0.492. The zero-order valence-corrected chi connectivity index (χ0v) is 11.7. The number of sulfone groups is 1. The second-order valence-corrected chi connectivity index (χ2v) is 6.29. The molecule has 2 rings (SSSR count). The van der Waals surface area contributed by atoms with E-state index in [0.29, 0.717) is 0 Å². The first kappa shape index (κ1) is 14.4. The first-order valence-electron chi connectivity index (χ1n) is 5.43. The number of nitro benzene ring substituents is 1. The summed E-state index contributed by atoms with van der Waals surface area (Å²) in [5.74, 6) is -0.296. The van der Waals surface area contributed by atoms with E-state index in [4.69, 9.17) is 11.6 Å². The normalized spacial score (nSPS) is 11.4. The second kappa shape index (κ2) is 5.18. The van der Waals surface area contributed by atoms with Gasteiger partial charge < -0.3 is 0 Å². The van der Waals surface area contributed by atoms with Crippen LogP contribution in [0.25, 0.3) is 10.8 Å². The molecule has 0 saturated heterocycles. The van der Waals surface area contributed by atoms with Gasteiger partial charge in [-0.3, -0.25) is 10.1 Å². The molecule has 0 aliphatic carbocycles. The third-order valence-electron chi connectivity index (χ3n) is 2.65. The summed E-state index contributed by atoms with van der Waals surface area (Å²) in [6.45, 7) is 3.38. The van der Waals surface area contributed by atoms with Crippen molar-refractivity contribution in [1.29, 1.82) is 0 Å². The summed E-state index contributed by atoms with van der Waals surface area (Å²) >= 11 is 5.80. The smallest absolute Gasteiger partial charge is 0.258 e. The van der Waals surface area contributed by atoms with Gasteiger partial charge in [0.05, 0.1) is 16.1 Å². The first-order chi connectivity index (χ1) is 9.38. The van der Waals surface area contributed by atoms with Gasteiger partial charge in [0.2, 0.25) is 0 Å². The Morgan fingerprint density at radius 3 is 2.65 bits per heavy atom. The summed E-state index contributed by atoms with van der Waals surface area (Å²) in [5, 5.41) is 11.1. The van der Waals surface area contributed by atoms with Gasteiger partial charge in [-0.2, -0.15) is 0 Å². The van der Waals surface area contributed by atoms with Gasteiger partial charge in [0.25, 0.3) is 5.69 Å². The molecule has 1 aromatic carbocycles. The number of halogens is 1. The number of rotatable bonds is 4. The number of aromatic nitrogens is 1. The highest BCUT2D eigenvalue weighted by Crippen LogP contribution is 2.35. The first-order valence-corrected chi connectivity index (χ1v) is 7.47. The van der Waals surface area contributed by atoms with Crippen molar-refractivity contribution in [2.45, 2.75) is 5.03 Å². The predicted molar refractivity (Wildman–Crippen MR) is 75.7 cm³/mol. The zero-order chi connectivity index (χ0) is 14.9. The molecule has 6 nitrogen and oxygen atoms in total. The van der Waals surface area contributed by atoms with E-state index in [1.165, 1.54) is 30.5 Å². The Morgan fingerprint density at radius 1 is 1.35 bits per heavy atom. The molecular weight excluding hydrogens is 304 g/mol. The van der Waals surface area contributed by atoms with Gasteiger partial charge >= 0.3 is 0 Å². The van der Waals surface area contributed by atoms with Gasteiger partial charge in [-0.25, -0.2) is 13.4 Å². The Bertz CT molecular complexity index is 818. The summed E-state index contributed by atoms with van der Waals surface area (Å²) < 4.78 is 24.2. The van der Waals surface area contributed by atoms with E-state index in [1.807, 2.05) is 0 Å². The van der Waals surface area contributed by atoms with Gasteiger partial charge in [-0.15, -0.1) is 6.58 Å². The van der Waals surface area contributed by atoms with Crippen molar-refractivity contribution in [3.8, 4) is 0 Å². The van der Waals surface area contributed by atoms with Crippen molar-refractivity contribution in [1.82, 2.24) is 4.98 Å². The van der Waals surface area contributed by atoms with Gasteiger partial charge in [-0.05, 0) is 18.2 Å². The minimum Gasteiger partial charge on any atom is -0.258 e. The lowest BCUT2D eigenvalue weighted by atomic mass is 10.1. The van der Waals surface area contributed by atoms with Crippen LogP contribution in [-0.4, -0.2) is 24.1 Å². The Kier molecular flexibility index (Phi) is 3.74. The molecule has 0 radical (unpaired) electrons. The third kappa shape index (κ3) is 2.37. The van der Waals surface area contributed by atoms with Crippen LogP contribution in [0.5, 0.6) is 0 Å². The molecule has 0 saturated carbocycles. The molecule has 0 spiro atoms. The van der Waals surface area contributed by atoms with Crippen LogP contribution < -0.4 is 0 Å². The van der Waals surface area contributed by atoms with Crippen LogP contribution >= 0.6 is 11.6 Å². The predicted octanol–water partition coefficient (Wildman–Crippen LogP) is 2.76. The fourth-order valence-electron chi connectivity index (χ4n) is 1.85. The largest absolute Gasteiger partial charge is 0.295 e. The molecular formula is C12H9ClN2O4S. The third-order valence-corrected chi connectivity index (χ3v) is 4.54. The van der Waals surface area contributed by atoms with E-state index in [0.717, 1.165) is 0 Å². The number of hydrogen-bond donors (Lipinski definition) is 0. The molecule has 0 fully saturated rings. The monoisotopic (exact) mass is 312 g/mol. The lowest BCUT2D eigenvalue weighted by Gasteiger charge is -2.06. The molecule has 1 heterocycles. The number of pyridine rings is 1. The van der Waals surface area contributed by atoms with Crippen LogP contribution in [0, 0.1) is 10.1 Å². The molecule has 0 bridgehead atoms. The molecule has 1 aromatic heterocycles. The average molecular weight is 313 g/mol. The van der Waals surface area contributed by atoms with Crippen LogP contribution in [0.15, 0.2) is 42.1 Å². The summed E-state index contributed by atoms with van der Waals surface area (Å²) in [5.41, 5.74) is -0.332. The molecule has 0 amide bonds. The van der Waals surface area contributed by atoms with Gasteiger partial charge in [0, 0.05) is 11.6 Å². The van der Waals surface area contributed by atoms with E-state index >= 15 is 0 Å². The Balaban J connectivity index is 2.88. The van der Waals surface area contributed by atoms with Crippen molar-refractivity contribution >= 4 is 37.9 Å². The Morgan fingerprint density at radius 2 is 2.05 bits per heavy atom. The van der Waals surface area contributed by atoms with Crippen LogP contribution in [0.2, 0.25) is 5.02 Å². The van der Waals surface area contributed by atoms with E-state index in [2.05, 4.69) is 11.6 Å². The van der Waals surface area contributed by atoms with Gasteiger partial charge in [-0.1, -0.05) is 17.7 Å². The summed E-state index contributed by atoms with van der Waals surface area (Å²) in [7, 11) is -3.69. The van der Waals surface area contributed by atoms with Crippen LogP contribution in [0.1, 0.15) is 0 Å². The molecule has 0 N–H and O–H groups in total. The molecule has 0 atom stereocenters. The van der Waals surface area contributed by atoms with Crippen LogP contribution in [0.3, 0.4) is 0 Å². The van der Waals surface area contributed by atoms with E-state index < -0.39 is 14.8 Å². The number of fused-ring (bicyclic) bond motifs is 1. The Hall–Kier alpha value is -1.99. The van der Waals surface area contributed by atoms with Gasteiger partial charge in [0.1, 0.15) is 5.02 Å². The van der Waals surface area contributed by atoms with E-state index in [-0.39, 0.29) is 32.3 Å². The van der Waals surface area contributed by atoms with Crippen LogP contribution in [0.4, 0.5) is 5.69 Å². The maximum absolute atomic E-state index is 12.1. The summed E-state index contributed by atoms with van der Waals surface area (Å²) in [6.07, 6.45) is 2.45. The lowest BCUT2D eigenvalue weighted by Crippen LogP contribution is -2.07. The molecule has 2 aromatic rings. The maximum atomic E-state index is 12.1. The average Bonchev–Trinajstić information content (AvgIpc) is 2.37. The second-order valence-electron chi connectivity index (χ2n) is 3.93. The van der Waals surface area contributed by atoms with Gasteiger partial charge in [0.15, 0.2) is 14.9 Å². The van der Waals surface area contributed by atoms with Crippen molar-refractivity contribution in [2.24, 2.45) is 0 Å².